The van der Waals surface area contributed by atoms with Crippen molar-refractivity contribution < 1.29 is 38.1 Å². The molecular formula is C22H37NO8. The van der Waals surface area contributed by atoms with E-state index in [1.165, 1.54) is 0 Å². The standard InChI is InChI=1S/C22H37NO8/c1-8-22(19(26)29-10-3,20(27)30-11-4)16-13-12-15(18(25)28-9-2)23(16)14-17(24)31-21(5,6)7/h15-16H,8-14H2,1-7H3/t15-,16+/m0/s1. The van der Waals surface area contributed by atoms with Gasteiger partial charge in [0.1, 0.15) is 11.6 Å². The second-order valence-electron chi connectivity index (χ2n) is 8.39. The van der Waals surface area contributed by atoms with Crippen LogP contribution >= 0.6 is 0 Å². The van der Waals surface area contributed by atoms with Gasteiger partial charge in [0.05, 0.1) is 26.4 Å². The number of likely N-dealkylation sites (tertiary alicyclic amines) is 1. The van der Waals surface area contributed by atoms with Crippen LogP contribution in [0, 0.1) is 5.41 Å². The lowest BCUT2D eigenvalue weighted by Gasteiger charge is -2.39. The van der Waals surface area contributed by atoms with Gasteiger partial charge in [-0.05, 0) is 60.8 Å². The van der Waals surface area contributed by atoms with E-state index >= 15 is 0 Å². The fraction of sp³-hybridized carbons (Fsp3) is 0.818. The van der Waals surface area contributed by atoms with Gasteiger partial charge in [-0.15, -0.1) is 0 Å². The smallest absolute Gasteiger partial charge is 0.325 e. The maximum atomic E-state index is 13.1. The summed E-state index contributed by atoms with van der Waals surface area (Å²) in [7, 11) is 0. The van der Waals surface area contributed by atoms with Crippen molar-refractivity contribution in [3.05, 3.63) is 0 Å². The van der Waals surface area contributed by atoms with Crippen LogP contribution < -0.4 is 0 Å². The highest BCUT2D eigenvalue weighted by Crippen LogP contribution is 2.42. The minimum atomic E-state index is -1.67. The molecule has 1 fully saturated rings. The van der Waals surface area contributed by atoms with E-state index in [1.807, 2.05) is 0 Å². The van der Waals surface area contributed by atoms with Crippen LogP contribution in [0.1, 0.15) is 67.7 Å². The van der Waals surface area contributed by atoms with Crippen LogP contribution in [0.15, 0.2) is 0 Å². The maximum absolute atomic E-state index is 13.1. The Labute approximate surface area is 184 Å². The summed E-state index contributed by atoms with van der Waals surface area (Å²) in [5, 5.41) is 0. The van der Waals surface area contributed by atoms with Crippen molar-refractivity contribution in [1.29, 1.82) is 0 Å². The molecule has 0 unspecified atom stereocenters. The lowest BCUT2D eigenvalue weighted by atomic mass is 9.76. The van der Waals surface area contributed by atoms with Gasteiger partial charge < -0.3 is 18.9 Å². The van der Waals surface area contributed by atoms with Crippen LogP contribution in [-0.4, -0.2) is 72.8 Å². The molecule has 0 spiro atoms. The molecule has 0 amide bonds. The zero-order valence-corrected chi connectivity index (χ0v) is 19.8. The number of nitrogens with zero attached hydrogens (tertiary/aromatic N) is 1. The molecule has 1 saturated heterocycles. The molecule has 1 heterocycles. The highest BCUT2D eigenvalue weighted by atomic mass is 16.6. The maximum Gasteiger partial charge on any atom is 0.325 e. The number of ether oxygens (including phenoxy) is 4. The predicted octanol–water partition coefficient (Wildman–Crippen LogP) is 2.25. The molecule has 0 aromatic heterocycles. The third-order valence-electron chi connectivity index (χ3n) is 5.21. The van der Waals surface area contributed by atoms with Crippen LogP contribution in [0.2, 0.25) is 0 Å². The average Bonchev–Trinajstić information content (AvgIpc) is 3.06. The molecule has 9 nitrogen and oxygen atoms in total. The van der Waals surface area contributed by atoms with Crippen LogP contribution in [0.25, 0.3) is 0 Å². The zero-order chi connectivity index (χ0) is 23.8. The van der Waals surface area contributed by atoms with E-state index in [1.54, 1.807) is 53.4 Å². The molecule has 0 aromatic rings. The second-order valence-corrected chi connectivity index (χ2v) is 8.39. The molecule has 0 aromatic carbocycles. The van der Waals surface area contributed by atoms with Gasteiger partial charge in [0.2, 0.25) is 0 Å². The quantitative estimate of drug-likeness (QED) is 0.285. The first-order valence-electron chi connectivity index (χ1n) is 11.0. The topological polar surface area (TPSA) is 108 Å². The summed E-state index contributed by atoms with van der Waals surface area (Å²) in [6.07, 6.45) is 0.736. The molecule has 1 rings (SSSR count). The van der Waals surface area contributed by atoms with Crippen molar-refractivity contribution in [2.24, 2.45) is 5.41 Å². The Morgan fingerprint density at radius 2 is 1.35 bits per heavy atom. The summed E-state index contributed by atoms with van der Waals surface area (Å²) in [5.74, 6) is -2.52. The Morgan fingerprint density at radius 1 is 0.839 bits per heavy atom. The lowest BCUT2D eigenvalue weighted by molar-refractivity contribution is -0.181. The Balaban J connectivity index is 3.44. The first-order valence-corrected chi connectivity index (χ1v) is 11.0. The van der Waals surface area contributed by atoms with E-state index in [0.29, 0.717) is 12.8 Å². The van der Waals surface area contributed by atoms with E-state index in [9.17, 15) is 19.2 Å². The molecule has 0 saturated carbocycles. The number of hydrogen-bond donors (Lipinski definition) is 0. The molecule has 31 heavy (non-hydrogen) atoms. The highest BCUT2D eigenvalue weighted by Gasteiger charge is 2.59. The van der Waals surface area contributed by atoms with Crippen molar-refractivity contribution in [2.45, 2.75) is 85.4 Å². The minimum Gasteiger partial charge on any atom is -0.465 e. The normalized spacial score (nSPS) is 19.6. The van der Waals surface area contributed by atoms with E-state index in [-0.39, 0.29) is 32.8 Å². The first kappa shape index (κ1) is 26.9. The highest BCUT2D eigenvalue weighted by molar-refractivity contribution is 6.01. The molecule has 1 aliphatic heterocycles. The van der Waals surface area contributed by atoms with Crippen LogP contribution in [0.4, 0.5) is 0 Å². The van der Waals surface area contributed by atoms with Crippen molar-refractivity contribution in [1.82, 2.24) is 4.90 Å². The molecule has 1 aliphatic rings. The molecule has 0 N–H and O–H groups in total. The number of hydrogen-bond acceptors (Lipinski definition) is 9. The molecule has 178 valence electrons. The summed E-state index contributed by atoms with van der Waals surface area (Å²) in [4.78, 5) is 53.0. The number of esters is 4. The van der Waals surface area contributed by atoms with E-state index in [4.69, 9.17) is 18.9 Å². The van der Waals surface area contributed by atoms with Gasteiger partial charge in [-0.3, -0.25) is 24.1 Å². The Hall–Kier alpha value is -2.16. The SMILES string of the molecule is CCOC(=O)[C@@H]1CC[C@H](C(CC)(C(=O)OCC)C(=O)OCC)N1CC(=O)OC(C)(C)C. The van der Waals surface area contributed by atoms with Crippen LogP contribution in [-0.2, 0) is 38.1 Å². The number of rotatable bonds is 10. The van der Waals surface area contributed by atoms with Crippen molar-refractivity contribution in [3.8, 4) is 0 Å². The van der Waals surface area contributed by atoms with E-state index < -0.39 is 47.0 Å². The lowest BCUT2D eigenvalue weighted by Crippen LogP contribution is -2.58. The third-order valence-corrected chi connectivity index (χ3v) is 5.21. The van der Waals surface area contributed by atoms with Gasteiger partial charge in [0, 0.05) is 6.04 Å². The van der Waals surface area contributed by atoms with Crippen molar-refractivity contribution in [2.75, 3.05) is 26.4 Å². The minimum absolute atomic E-state index is 0.0834. The largest absolute Gasteiger partial charge is 0.465 e. The molecule has 9 heteroatoms. The summed E-state index contributed by atoms with van der Waals surface area (Å²) in [6, 6.07) is -1.57. The van der Waals surface area contributed by atoms with Gasteiger partial charge >= 0.3 is 23.9 Å². The molecule has 0 bridgehead atoms. The molecular weight excluding hydrogens is 406 g/mol. The third kappa shape index (κ3) is 6.41. The number of carbonyl (C=O) groups is 4. The Bertz CT molecular complexity index is 636. The van der Waals surface area contributed by atoms with E-state index in [0.717, 1.165) is 0 Å². The van der Waals surface area contributed by atoms with Gasteiger partial charge in [-0.1, -0.05) is 6.92 Å². The van der Waals surface area contributed by atoms with Gasteiger partial charge in [-0.25, -0.2) is 0 Å². The summed E-state index contributed by atoms with van der Waals surface area (Å²) < 4.78 is 21.1. The fourth-order valence-electron chi connectivity index (χ4n) is 4.03. The van der Waals surface area contributed by atoms with Crippen LogP contribution in [0.3, 0.4) is 0 Å². The monoisotopic (exact) mass is 443 g/mol. The predicted molar refractivity (Wildman–Crippen MR) is 112 cm³/mol. The van der Waals surface area contributed by atoms with Crippen LogP contribution in [0.5, 0.6) is 0 Å². The molecule has 0 aliphatic carbocycles. The summed E-state index contributed by atoms with van der Waals surface area (Å²) in [5.41, 5.74) is -2.40. The van der Waals surface area contributed by atoms with Gasteiger partial charge in [0.25, 0.3) is 0 Å². The Kier molecular flexibility index (Phi) is 9.93. The van der Waals surface area contributed by atoms with Crippen molar-refractivity contribution in [3.63, 3.8) is 0 Å². The Morgan fingerprint density at radius 3 is 1.77 bits per heavy atom. The average molecular weight is 444 g/mol. The van der Waals surface area contributed by atoms with Crippen molar-refractivity contribution >= 4 is 23.9 Å². The summed E-state index contributed by atoms with van der Waals surface area (Å²) >= 11 is 0. The summed E-state index contributed by atoms with van der Waals surface area (Å²) in [6.45, 7) is 12.0. The molecule has 2 atom stereocenters. The van der Waals surface area contributed by atoms with Gasteiger partial charge in [0.15, 0.2) is 5.41 Å². The van der Waals surface area contributed by atoms with E-state index in [2.05, 4.69) is 0 Å². The second kappa shape index (κ2) is 11.5. The van der Waals surface area contributed by atoms with Gasteiger partial charge in [-0.2, -0.15) is 0 Å². The number of carbonyl (C=O) groups excluding carboxylic acids is 4. The fourth-order valence-corrected chi connectivity index (χ4v) is 4.03. The molecule has 0 radical (unpaired) electrons. The first-order chi connectivity index (χ1) is 14.5. The zero-order valence-electron chi connectivity index (χ0n) is 19.8.